The number of amides is 1. The molecule has 0 spiro atoms. The number of nitrogens with one attached hydrogen (secondary N) is 1. The highest BCUT2D eigenvalue weighted by molar-refractivity contribution is 6.30. The highest BCUT2D eigenvalue weighted by Crippen LogP contribution is 2.42. The number of nitrogens with zero attached hydrogens (tertiary/aromatic N) is 1. The first-order valence-corrected chi connectivity index (χ1v) is 9.76. The fourth-order valence-electron chi connectivity index (χ4n) is 3.54. The first-order valence-electron chi connectivity index (χ1n) is 9.39. The van der Waals surface area contributed by atoms with Crippen LogP contribution in [0.25, 0.3) is 0 Å². The summed E-state index contributed by atoms with van der Waals surface area (Å²) in [6, 6.07) is 24.9. The number of anilines is 2. The Morgan fingerprint density at radius 2 is 1.53 bits per heavy atom. The lowest BCUT2D eigenvalue weighted by Gasteiger charge is -2.26. The van der Waals surface area contributed by atoms with Crippen molar-refractivity contribution in [1.29, 1.82) is 0 Å². The van der Waals surface area contributed by atoms with Crippen molar-refractivity contribution < 1.29 is 14.3 Å². The van der Waals surface area contributed by atoms with Crippen LogP contribution in [0.1, 0.15) is 11.6 Å². The van der Waals surface area contributed by atoms with Gasteiger partial charge in [-0.2, -0.15) is 0 Å². The Morgan fingerprint density at radius 3 is 2.13 bits per heavy atom. The molecule has 150 valence electrons. The lowest BCUT2D eigenvalue weighted by Crippen LogP contribution is -2.31. The highest BCUT2D eigenvalue weighted by atomic mass is 35.5. The quantitative estimate of drug-likeness (QED) is 0.594. The van der Waals surface area contributed by atoms with Crippen LogP contribution >= 0.6 is 11.6 Å². The molecule has 1 unspecified atom stereocenters. The molecule has 6 heteroatoms. The zero-order valence-electron chi connectivity index (χ0n) is 16.2. The second-order valence-electron chi connectivity index (χ2n) is 6.74. The number of hydrogen-bond donors (Lipinski definition) is 1. The van der Waals surface area contributed by atoms with Gasteiger partial charge in [-0.15, -0.1) is 0 Å². The van der Waals surface area contributed by atoms with Gasteiger partial charge in [0.1, 0.15) is 5.70 Å². The van der Waals surface area contributed by atoms with E-state index in [1.165, 1.54) is 7.11 Å². The van der Waals surface area contributed by atoms with Gasteiger partial charge in [-0.25, -0.2) is 4.79 Å². The number of methoxy groups -OCH3 is 1. The average Bonchev–Trinajstić information content (AvgIpc) is 3.07. The van der Waals surface area contributed by atoms with E-state index in [-0.39, 0.29) is 17.2 Å². The van der Waals surface area contributed by atoms with E-state index in [4.69, 9.17) is 16.3 Å². The number of carbonyl (C=O) groups is 2. The molecule has 1 heterocycles. The summed E-state index contributed by atoms with van der Waals surface area (Å²) in [5, 5.41) is 3.70. The molecule has 1 aliphatic rings. The molecular formula is C24H19ClN2O3. The Bertz CT molecular complexity index is 1100. The van der Waals surface area contributed by atoms with E-state index < -0.39 is 12.0 Å². The molecule has 1 atom stereocenters. The SMILES string of the molecule is COC(=O)C1=C(Nc2ccccc2)C(=O)N(c2ccccc2)C1c1ccc(Cl)cc1. The lowest BCUT2D eigenvalue weighted by molar-refractivity contribution is -0.136. The van der Waals surface area contributed by atoms with E-state index in [2.05, 4.69) is 5.32 Å². The van der Waals surface area contributed by atoms with Gasteiger partial charge in [0.2, 0.25) is 0 Å². The van der Waals surface area contributed by atoms with Crippen molar-refractivity contribution in [1.82, 2.24) is 0 Å². The van der Waals surface area contributed by atoms with Gasteiger partial charge < -0.3 is 10.1 Å². The molecule has 0 fully saturated rings. The summed E-state index contributed by atoms with van der Waals surface area (Å²) in [6.45, 7) is 0. The third-order valence-electron chi connectivity index (χ3n) is 4.90. The van der Waals surface area contributed by atoms with Crippen molar-refractivity contribution in [2.75, 3.05) is 17.3 Å². The maximum Gasteiger partial charge on any atom is 0.338 e. The molecule has 0 saturated heterocycles. The molecule has 4 rings (SSSR count). The molecule has 1 amide bonds. The van der Waals surface area contributed by atoms with Crippen molar-refractivity contribution in [2.24, 2.45) is 0 Å². The van der Waals surface area contributed by atoms with Crippen LogP contribution in [0, 0.1) is 0 Å². The van der Waals surface area contributed by atoms with Gasteiger partial charge in [-0.1, -0.05) is 60.1 Å². The third kappa shape index (κ3) is 3.67. The van der Waals surface area contributed by atoms with Crippen molar-refractivity contribution in [3.05, 3.63) is 107 Å². The van der Waals surface area contributed by atoms with E-state index in [1.807, 2.05) is 72.8 Å². The Hall–Kier alpha value is -3.57. The van der Waals surface area contributed by atoms with Gasteiger partial charge in [0.15, 0.2) is 0 Å². The van der Waals surface area contributed by atoms with Crippen molar-refractivity contribution in [3.63, 3.8) is 0 Å². The number of ether oxygens (including phenoxy) is 1. The highest BCUT2D eigenvalue weighted by Gasteiger charge is 2.44. The van der Waals surface area contributed by atoms with Crippen LogP contribution in [0.3, 0.4) is 0 Å². The van der Waals surface area contributed by atoms with Crippen LogP contribution in [0.5, 0.6) is 0 Å². The Kier molecular flexibility index (Phi) is 5.55. The summed E-state index contributed by atoms with van der Waals surface area (Å²) >= 11 is 6.07. The summed E-state index contributed by atoms with van der Waals surface area (Å²) in [7, 11) is 1.31. The summed E-state index contributed by atoms with van der Waals surface area (Å²) < 4.78 is 5.07. The van der Waals surface area contributed by atoms with Gasteiger partial charge in [-0.05, 0) is 42.0 Å². The maximum absolute atomic E-state index is 13.6. The lowest BCUT2D eigenvalue weighted by atomic mass is 9.98. The molecule has 3 aromatic carbocycles. The molecule has 3 aromatic rings. The minimum atomic E-state index is -0.657. The van der Waals surface area contributed by atoms with Gasteiger partial charge in [0.25, 0.3) is 5.91 Å². The molecular weight excluding hydrogens is 400 g/mol. The standard InChI is InChI=1S/C24H19ClN2O3/c1-30-24(29)20-21(26-18-8-4-2-5-9-18)23(28)27(19-10-6-3-7-11-19)22(20)16-12-14-17(25)15-13-16/h2-15,22,26H,1H3. The van der Waals surface area contributed by atoms with Crippen LogP contribution in [-0.2, 0) is 14.3 Å². The number of carbonyl (C=O) groups excluding carboxylic acids is 2. The van der Waals surface area contributed by atoms with Crippen molar-refractivity contribution in [3.8, 4) is 0 Å². The van der Waals surface area contributed by atoms with Crippen LogP contribution < -0.4 is 10.2 Å². The molecule has 0 radical (unpaired) electrons. The van der Waals surface area contributed by atoms with Crippen LogP contribution in [0.15, 0.2) is 96.2 Å². The van der Waals surface area contributed by atoms with Gasteiger partial charge in [0.05, 0.1) is 18.7 Å². The second-order valence-corrected chi connectivity index (χ2v) is 7.17. The number of para-hydroxylation sites is 2. The Balaban J connectivity index is 1.90. The minimum absolute atomic E-state index is 0.192. The summed E-state index contributed by atoms with van der Waals surface area (Å²) in [6.07, 6.45) is 0. The summed E-state index contributed by atoms with van der Waals surface area (Å²) in [5.74, 6) is -0.884. The maximum atomic E-state index is 13.6. The Labute approximate surface area is 179 Å². The first kappa shape index (κ1) is 19.7. The fraction of sp³-hybridized carbons (Fsp3) is 0.0833. The first-order chi connectivity index (χ1) is 14.6. The van der Waals surface area contributed by atoms with Crippen LogP contribution in [0.4, 0.5) is 11.4 Å². The van der Waals surface area contributed by atoms with E-state index >= 15 is 0 Å². The largest absolute Gasteiger partial charge is 0.466 e. The second kappa shape index (κ2) is 8.43. The number of benzene rings is 3. The molecule has 1 N–H and O–H groups in total. The van der Waals surface area contributed by atoms with E-state index in [1.54, 1.807) is 17.0 Å². The minimum Gasteiger partial charge on any atom is -0.466 e. The van der Waals surface area contributed by atoms with Gasteiger partial charge in [-0.3, -0.25) is 9.69 Å². The van der Waals surface area contributed by atoms with Crippen LogP contribution in [0.2, 0.25) is 5.02 Å². The number of hydrogen-bond acceptors (Lipinski definition) is 4. The summed E-state index contributed by atoms with van der Waals surface area (Å²) in [4.78, 5) is 28.0. The number of rotatable bonds is 5. The molecule has 0 aliphatic carbocycles. The summed E-state index contributed by atoms with van der Waals surface area (Å²) in [5.41, 5.74) is 2.57. The van der Waals surface area contributed by atoms with E-state index in [0.717, 1.165) is 5.56 Å². The number of halogens is 1. The number of esters is 1. The molecule has 30 heavy (non-hydrogen) atoms. The molecule has 5 nitrogen and oxygen atoms in total. The van der Waals surface area contributed by atoms with Crippen LogP contribution in [-0.4, -0.2) is 19.0 Å². The zero-order valence-corrected chi connectivity index (χ0v) is 17.0. The third-order valence-corrected chi connectivity index (χ3v) is 5.15. The molecule has 0 aromatic heterocycles. The smallest absolute Gasteiger partial charge is 0.338 e. The Morgan fingerprint density at radius 1 is 0.933 bits per heavy atom. The molecule has 1 aliphatic heterocycles. The van der Waals surface area contributed by atoms with E-state index in [9.17, 15) is 9.59 Å². The predicted molar refractivity (Wildman–Crippen MR) is 117 cm³/mol. The zero-order chi connectivity index (χ0) is 21.1. The van der Waals surface area contributed by atoms with Gasteiger partial charge in [0, 0.05) is 16.4 Å². The monoisotopic (exact) mass is 418 g/mol. The predicted octanol–water partition coefficient (Wildman–Crippen LogP) is 4.97. The van der Waals surface area contributed by atoms with E-state index in [0.29, 0.717) is 16.4 Å². The average molecular weight is 419 g/mol. The molecule has 0 bridgehead atoms. The van der Waals surface area contributed by atoms with Crippen molar-refractivity contribution in [2.45, 2.75) is 6.04 Å². The normalized spacial score (nSPS) is 16.0. The topological polar surface area (TPSA) is 58.6 Å². The van der Waals surface area contributed by atoms with Gasteiger partial charge >= 0.3 is 5.97 Å². The molecule has 0 saturated carbocycles. The van der Waals surface area contributed by atoms with Crippen molar-refractivity contribution >= 4 is 34.9 Å². The fourth-order valence-corrected chi connectivity index (χ4v) is 3.67.